The van der Waals surface area contributed by atoms with E-state index in [9.17, 15) is 4.79 Å². The number of hydrogen-bond acceptors (Lipinski definition) is 2. The Kier molecular flexibility index (Phi) is 3.85. The summed E-state index contributed by atoms with van der Waals surface area (Å²) in [5, 5.41) is 3.34. The van der Waals surface area contributed by atoms with Gasteiger partial charge in [0, 0.05) is 18.6 Å². The van der Waals surface area contributed by atoms with E-state index in [0.29, 0.717) is 18.0 Å². The minimum Gasteiger partial charge on any atom is -0.337 e. The molecule has 2 aliphatic rings. The number of carbonyl (C=O) groups is 1. The van der Waals surface area contributed by atoms with Crippen LogP contribution in [0.1, 0.15) is 46.0 Å². The number of piperidine rings is 1. The molecule has 1 unspecified atom stereocenters. The number of carbonyl (C=O) groups excluding carboxylic acids is 1. The summed E-state index contributed by atoms with van der Waals surface area (Å²) in [6.07, 6.45) is 5.94. The normalized spacial score (nSPS) is 26.6. The largest absolute Gasteiger partial charge is 0.337 e. The first-order chi connectivity index (χ1) is 7.70. The van der Waals surface area contributed by atoms with Gasteiger partial charge in [-0.2, -0.15) is 0 Å². The lowest BCUT2D eigenvalue weighted by Gasteiger charge is -2.42. The molecular weight excluding hydrogens is 200 g/mol. The standard InChI is InChI=1S/C13H24N2O/c1-10(2)15(12-6-3-7-12)13(16)11-5-4-8-14-9-11/h10-12,14H,3-9H2,1-2H3. The Morgan fingerprint density at radius 1 is 1.25 bits per heavy atom. The number of amides is 1. The van der Waals surface area contributed by atoms with Gasteiger partial charge >= 0.3 is 0 Å². The van der Waals surface area contributed by atoms with E-state index in [0.717, 1.165) is 25.9 Å². The van der Waals surface area contributed by atoms with Crippen molar-refractivity contribution in [3.8, 4) is 0 Å². The summed E-state index contributed by atoms with van der Waals surface area (Å²) in [6, 6.07) is 0.897. The summed E-state index contributed by atoms with van der Waals surface area (Å²) >= 11 is 0. The molecule has 1 saturated carbocycles. The monoisotopic (exact) mass is 224 g/mol. The highest BCUT2D eigenvalue weighted by Gasteiger charge is 2.34. The highest BCUT2D eigenvalue weighted by atomic mass is 16.2. The fraction of sp³-hybridized carbons (Fsp3) is 0.923. The Labute approximate surface area is 98.6 Å². The minimum atomic E-state index is 0.233. The predicted molar refractivity (Wildman–Crippen MR) is 65.2 cm³/mol. The predicted octanol–water partition coefficient (Wildman–Crippen LogP) is 1.78. The molecule has 92 valence electrons. The molecule has 1 aliphatic heterocycles. The maximum Gasteiger partial charge on any atom is 0.227 e. The Hall–Kier alpha value is -0.570. The van der Waals surface area contributed by atoms with Crippen LogP contribution in [0.4, 0.5) is 0 Å². The number of rotatable bonds is 3. The van der Waals surface area contributed by atoms with E-state index >= 15 is 0 Å². The first-order valence-corrected chi connectivity index (χ1v) is 6.73. The molecule has 16 heavy (non-hydrogen) atoms. The van der Waals surface area contributed by atoms with E-state index in [2.05, 4.69) is 24.1 Å². The summed E-state index contributed by atoms with van der Waals surface area (Å²) in [7, 11) is 0. The molecular formula is C13H24N2O. The van der Waals surface area contributed by atoms with Crippen LogP contribution in [0.3, 0.4) is 0 Å². The maximum atomic E-state index is 12.5. The molecule has 0 aromatic carbocycles. The fourth-order valence-electron chi connectivity index (χ4n) is 2.79. The van der Waals surface area contributed by atoms with Gasteiger partial charge in [-0.1, -0.05) is 0 Å². The summed E-state index contributed by atoms with van der Waals surface area (Å²) in [5.74, 6) is 0.628. The van der Waals surface area contributed by atoms with Crippen molar-refractivity contribution in [3.63, 3.8) is 0 Å². The number of hydrogen-bond donors (Lipinski definition) is 1. The zero-order chi connectivity index (χ0) is 11.5. The summed E-state index contributed by atoms with van der Waals surface area (Å²) in [6.45, 7) is 6.25. The van der Waals surface area contributed by atoms with Gasteiger partial charge in [0.25, 0.3) is 0 Å². The SMILES string of the molecule is CC(C)N(C(=O)C1CCCNC1)C1CCC1. The van der Waals surface area contributed by atoms with E-state index in [1.54, 1.807) is 0 Å². The molecule has 0 bridgehead atoms. The smallest absolute Gasteiger partial charge is 0.227 e. The van der Waals surface area contributed by atoms with Crippen molar-refractivity contribution in [2.75, 3.05) is 13.1 Å². The van der Waals surface area contributed by atoms with E-state index in [-0.39, 0.29) is 5.92 Å². The Morgan fingerprint density at radius 2 is 2.00 bits per heavy atom. The van der Waals surface area contributed by atoms with Crippen molar-refractivity contribution in [3.05, 3.63) is 0 Å². The van der Waals surface area contributed by atoms with Crippen LogP contribution in [0, 0.1) is 5.92 Å². The third-order valence-electron chi connectivity index (χ3n) is 3.93. The fourth-order valence-corrected chi connectivity index (χ4v) is 2.79. The zero-order valence-corrected chi connectivity index (χ0v) is 10.5. The summed E-state index contributed by atoms with van der Waals surface area (Å²) in [4.78, 5) is 14.6. The molecule has 2 rings (SSSR count). The van der Waals surface area contributed by atoms with Crippen molar-refractivity contribution < 1.29 is 4.79 Å². The van der Waals surface area contributed by atoms with E-state index in [4.69, 9.17) is 0 Å². The molecule has 1 saturated heterocycles. The first kappa shape index (κ1) is 11.9. The van der Waals surface area contributed by atoms with E-state index < -0.39 is 0 Å². The minimum absolute atomic E-state index is 0.233. The lowest BCUT2D eigenvalue weighted by Crippen LogP contribution is -2.52. The molecule has 1 atom stereocenters. The average Bonchev–Trinajstić information content (AvgIpc) is 2.23. The van der Waals surface area contributed by atoms with Crippen molar-refractivity contribution >= 4 is 5.91 Å². The molecule has 2 fully saturated rings. The highest BCUT2D eigenvalue weighted by molar-refractivity contribution is 5.80. The zero-order valence-electron chi connectivity index (χ0n) is 10.5. The molecule has 3 nitrogen and oxygen atoms in total. The second-order valence-corrected chi connectivity index (χ2v) is 5.47. The topological polar surface area (TPSA) is 32.3 Å². The van der Waals surface area contributed by atoms with Gasteiger partial charge in [-0.25, -0.2) is 0 Å². The van der Waals surface area contributed by atoms with Crippen molar-refractivity contribution in [1.29, 1.82) is 0 Å². The van der Waals surface area contributed by atoms with Gasteiger partial charge in [0.05, 0.1) is 5.92 Å². The Morgan fingerprint density at radius 3 is 2.44 bits per heavy atom. The lowest BCUT2D eigenvalue weighted by atomic mass is 9.88. The van der Waals surface area contributed by atoms with Crippen molar-refractivity contribution in [1.82, 2.24) is 10.2 Å². The third-order valence-corrected chi connectivity index (χ3v) is 3.93. The van der Waals surface area contributed by atoms with Crippen LogP contribution >= 0.6 is 0 Å². The van der Waals surface area contributed by atoms with Crippen LogP contribution in [0.15, 0.2) is 0 Å². The molecule has 3 heteroatoms. The lowest BCUT2D eigenvalue weighted by molar-refractivity contribution is -0.142. The van der Waals surface area contributed by atoms with Crippen LogP contribution in [0.2, 0.25) is 0 Å². The van der Waals surface area contributed by atoms with E-state index in [1.807, 2.05) is 0 Å². The van der Waals surface area contributed by atoms with Crippen LogP contribution in [0.25, 0.3) is 0 Å². The van der Waals surface area contributed by atoms with Gasteiger partial charge in [-0.05, 0) is 52.5 Å². The van der Waals surface area contributed by atoms with E-state index in [1.165, 1.54) is 19.3 Å². The Balaban J connectivity index is 1.97. The molecule has 0 aromatic rings. The second kappa shape index (κ2) is 5.17. The molecule has 0 aromatic heterocycles. The van der Waals surface area contributed by atoms with Gasteiger partial charge in [0.15, 0.2) is 0 Å². The molecule has 1 N–H and O–H groups in total. The van der Waals surface area contributed by atoms with Crippen molar-refractivity contribution in [2.24, 2.45) is 5.92 Å². The summed E-state index contributed by atoms with van der Waals surface area (Å²) in [5.41, 5.74) is 0. The summed E-state index contributed by atoms with van der Waals surface area (Å²) < 4.78 is 0. The highest BCUT2D eigenvalue weighted by Crippen LogP contribution is 2.28. The van der Waals surface area contributed by atoms with Gasteiger partial charge in [0.1, 0.15) is 0 Å². The van der Waals surface area contributed by atoms with Crippen molar-refractivity contribution in [2.45, 2.75) is 58.0 Å². The van der Waals surface area contributed by atoms with Gasteiger partial charge in [-0.3, -0.25) is 4.79 Å². The van der Waals surface area contributed by atoms with Gasteiger partial charge in [0.2, 0.25) is 5.91 Å². The third kappa shape index (κ3) is 2.40. The molecule has 1 aliphatic carbocycles. The maximum absolute atomic E-state index is 12.5. The average molecular weight is 224 g/mol. The Bertz CT molecular complexity index is 242. The second-order valence-electron chi connectivity index (χ2n) is 5.47. The van der Waals surface area contributed by atoms with Gasteiger partial charge < -0.3 is 10.2 Å². The first-order valence-electron chi connectivity index (χ1n) is 6.73. The molecule has 0 spiro atoms. The van der Waals surface area contributed by atoms with Crippen LogP contribution in [-0.4, -0.2) is 36.0 Å². The number of nitrogens with one attached hydrogen (secondary N) is 1. The molecule has 1 heterocycles. The molecule has 0 radical (unpaired) electrons. The van der Waals surface area contributed by atoms with Crippen LogP contribution in [0.5, 0.6) is 0 Å². The van der Waals surface area contributed by atoms with Gasteiger partial charge in [-0.15, -0.1) is 0 Å². The molecule has 1 amide bonds. The quantitative estimate of drug-likeness (QED) is 0.792. The number of nitrogens with zero attached hydrogens (tertiary/aromatic N) is 1. The van der Waals surface area contributed by atoms with Crippen LogP contribution < -0.4 is 5.32 Å². The van der Waals surface area contributed by atoms with Crippen LogP contribution in [-0.2, 0) is 4.79 Å².